The average molecular weight is 174 g/mol. The molecule has 1 saturated heterocycles. The highest BCUT2D eigenvalue weighted by molar-refractivity contribution is 4.75. The van der Waals surface area contributed by atoms with Crippen LogP contribution in [0.2, 0.25) is 0 Å². The molecule has 3 heteroatoms. The Labute approximate surface area is 73.7 Å². The van der Waals surface area contributed by atoms with Gasteiger partial charge in [-0.05, 0) is 0 Å². The van der Waals surface area contributed by atoms with Gasteiger partial charge in [0.25, 0.3) is 0 Å². The Morgan fingerprint density at radius 2 is 2.00 bits per heavy atom. The van der Waals surface area contributed by atoms with Crippen molar-refractivity contribution in [2.45, 2.75) is 40.3 Å². The summed E-state index contributed by atoms with van der Waals surface area (Å²) in [6.45, 7) is 8.42. The molecule has 2 atom stereocenters. The van der Waals surface area contributed by atoms with Gasteiger partial charge in [0.2, 0.25) is 0 Å². The molecular weight excluding hydrogens is 156 g/mol. The van der Waals surface area contributed by atoms with Gasteiger partial charge >= 0.3 is 0 Å². The van der Waals surface area contributed by atoms with Crippen molar-refractivity contribution in [2.24, 2.45) is 11.3 Å². The molecule has 0 bridgehead atoms. The summed E-state index contributed by atoms with van der Waals surface area (Å²) in [7, 11) is 0. The van der Waals surface area contributed by atoms with Crippen LogP contribution in [0.15, 0.2) is 0 Å². The summed E-state index contributed by atoms with van der Waals surface area (Å²) in [6, 6.07) is 0. The van der Waals surface area contributed by atoms with Crippen LogP contribution in [0, 0.1) is 11.3 Å². The molecule has 0 unspecified atom stereocenters. The molecule has 1 aliphatic rings. The summed E-state index contributed by atoms with van der Waals surface area (Å²) < 4.78 is 10.7. The minimum absolute atomic E-state index is 0.256. The monoisotopic (exact) mass is 174 g/mol. The molecule has 1 rings (SSSR count). The van der Waals surface area contributed by atoms with Gasteiger partial charge in [-0.1, -0.05) is 27.7 Å². The van der Waals surface area contributed by atoms with E-state index in [0.717, 1.165) is 0 Å². The van der Waals surface area contributed by atoms with E-state index in [-0.39, 0.29) is 17.6 Å². The predicted octanol–water partition coefficient (Wildman–Crippen LogP) is 1.36. The van der Waals surface area contributed by atoms with Crippen LogP contribution in [0.25, 0.3) is 0 Å². The van der Waals surface area contributed by atoms with Crippen molar-refractivity contribution >= 4 is 0 Å². The quantitative estimate of drug-likeness (QED) is 0.652. The summed E-state index contributed by atoms with van der Waals surface area (Å²) >= 11 is 0. The van der Waals surface area contributed by atoms with Crippen molar-refractivity contribution in [3.8, 4) is 0 Å². The number of aliphatic hydroxyl groups is 1. The minimum atomic E-state index is -0.710. The number of rotatable bonds is 1. The van der Waals surface area contributed by atoms with Crippen LogP contribution in [0.1, 0.15) is 27.7 Å². The Bertz CT molecular complexity index is 154. The highest BCUT2D eigenvalue weighted by atomic mass is 16.7. The lowest BCUT2D eigenvalue weighted by Crippen LogP contribution is -2.47. The first-order valence-electron chi connectivity index (χ1n) is 4.38. The third kappa shape index (κ3) is 1.97. The van der Waals surface area contributed by atoms with E-state index in [2.05, 4.69) is 0 Å². The van der Waals surface area contributed by atoms with Gasteiger partial charge in [0, 0.05) is 11.3 Å². The molecule has 0 radical (unpaired) electrons. The third-order valence-electron chi connectivity index (χ3n) is 2.10. The van der Waals surface area contributed by atoms with Gasteiger partial charge in [0.1, 0.15) is 0 Å². The summed E-state index contributed by atoms with van der Waals surface area (Å²) in [6.07, 6.45) is -0.966. The standard InChI is InChI=1S/C9H18O3/c1-6(2)7-11-5-9(3,4)8(10)12-7/h6-8,10H,5H2,1-4H3/t7-,8+/m0/s1. The topological polar surface area (TPSA) is 38.7 Å². The van der Waals surface area contributed by atoms with E-state index in [9.17, 15) is 5.11 Å². The minimum Gasteiger partial charge on any atom is -0.367 e. The van der Waals surface area contributed by atoms with Gasteiger partial charge in [-0.2, -0.15) is 0 Å². The second-order valence-corrected chi connectivity index (χ2v) is 4.40. The van der Waals surface area contributed by atoms with E-state index in [4.69, 9.17) is 9.47 Å². The predicted molar refractivity (Wildman–Crippen MR) is 45.5 cm³/mol. The Kier molecular flexibility index (Phi) is 2.76. The van der Waals surface area contributed by atoms with Gasteiger partial charge < -0.3 is 14.6 Å². The summed E-state index contributed by atoms with van der Waals surface area (Å²) in [5.41, 5.74) is -0.286. The number of hydrogen-bond donors (Lipinski definition) is 1. The number of ether oxygens (including phenoxy) is 2. The van der Waals surface area contributed by atoms with Crippen LogP contribution in [-0.2, 0) is 9.47 Å². The maximum absolute atomic E-state index is 9.55. The molecule has 3 nitrogen and oxygen atoms in total. The number of hydrogen-bond acceptors (Lipinski definition) is 3. The summed E-state index contributed by atoms with van der Waals surface area (Å²) in [5, 5.41) is 9.55. The van der Waals surface area contributed by atoms with Crippen LogP contribution in [0.3, 0.4) is 0 Å². The van der Waals surface area contributed by atoms with Gasteiger partial charge in [-0.15, -0.1) is 0 Å². The van der Waals surface area contributed by atoms with Gasteiger partial charge in [0.15, 0.2) is 12.6 Å². The Morgan fingerprint density at radius 3 is 2.42 bits per heavy atom. The molecule has 0 amide bonds. The molecule has 0 aromatic rings. The second-order valence-electron chi connectivity index (χ2n) is 4.40. The number of aliphatic hydroxyl groups excluding tert-OH is 1. The molecular formula is C9H18O3. The molecule has 1 heterocycles. The molecule has 1 aliphatic heterocycles. The normalized spacial score (nSPS) is 35.5. The molecule has 1 fully saturated rings. The molecule has 1 N–H and O–H groups in total. The van der Waals surface area contributed by atoms with Gasteiger partial charge in [-0.3, -0.25) is 0 Å². The van der Waals surface area contributed by atoms with Crippen LogP contribution in [0.4, 0.5) is 0 Å². The van der Waals surface area contributed by atoms with Crippen molar-refractivity contribution in [2.75, 3.05) is 6.61 Å². The smallest absolute Gasteiger partial charge is 0.164 e. The maximum Gasteiger partial charge on any atom is 0.164 e. The van der Waals surface area contributed by atoms with Crippen molar-refractivity contribution in [3.05, 3.63) is 0 Å². The second kappa shape index (κ2) is 3.32. The fourth-order valence-corrected chi connectivity index (χ4v) is 1.07. The molecule has 0 aromatic heterocycles. The van der Waals surface area contributed by atoms with Crippen molar-refractivity contribution < 1.29 is 14.6 Å². The molecule has 0 aromatic carbocycles. The zero-order valence-corrected chi connectivity index (χ0v) is 8.20. The van der Waals surface area contributed by atoms with Crippen molar-refractivity contribution in [1.29, 1.82) is 0 Å². The Hall–Kier alpha value is -0.120. The molecule has 72 valence electrons. The lowest BCUT2D eigenvalue weighted by Gasteiger charge is -2.40. The van der Waals surface area contributed by atoms with E-state index < -0.39 is 6.29 Å². The van der Waals surface area contributed by atoms with E-state index in [1.165, 1.54) is 0 Å². The van der Waals surface area contributed by atoms with Gasteiger partial charge in [0.05, 0.1) is 6.61 Å². The van der Waals surface area contributed by atoms with E-state index in [1.54, 1.807) is 0 Å². The van der Waals surface area contributed by atoms with E-state index in [0.29, 0.717) is 6.61 Å². The lowest BCUT2D eigenvalue weighted by molar-refractivity contribution is -0.329. The zero-order valence-electron chi connectivity index (χ0n) is 8.20. The zero-order chi connectivity index (χ0) is 9.35. The van der Waals surface area contributed by atoms with Crippen LogP contribution < -0.4 is 0 Å². The first-order valence-corrected chi connectivity index (χ1v) is 4.38. The lowest BCUT2D eigenvalue weighted by atomic mass is 9.93. The molecule has 12 heavy (non-hydrogen) atoms. The average Bonchev–Trinajstić information content (AvgIpc) is 1.94. The maximum atomic E-state index is 9.55. The molecule has 0 spiro atoms. The highest BCUT2D eigenvalue weighted by Crippen LogP contribution is 2.30. The summed E-state index contributed by atoms with van der Waals surface area (Å²) in [5.74, 6) is 0.288. The molecule has 0 saturated carbocycles. The first kappa shape index (κ1) is 9.96. The summed E-state index contributed by atoms with van der Waals surface area (Å²) in [4.78, 5) is 0. The fourth-order valence-electron chi connectivity index (χ4n) is 1.07. The van der Waals surface area contributed by atoms with Crippen LogP contribution >= 0.6 is 0 Å². The van der Waals surface area contributed by atoms with Crippen LogP contribution in [0.5, 0.6) is 0 Å². The highest BCUT2D eigenvalue weighted by Gasteiger charge is 2.37. The molecule has 0 aliphatic carbocycles. The van der Waals surface area contributed by atoms with Crippen molar-refractivity contribution in [1.82, 2.24) is 0 Å². The Morgan fingerprint density at radius 1 is 1.42 bits per heavy atom. The fraction of sp³-hybridized carbons (Fsp3) is 1.00. The Balaban J connectivity index is 2.52. The van der Waals surface area contributed by atoms with Crippen molar-refractivity contribution in [3.63, 3.8) is 0 Å². The first-order chi connectivity index (χ1) is 5.43. The van der Waals surface area contributed by atoms with E-state index in [1.807, 2.05) is 27.7 Å². The SMILES string of the molecule is CC(C)[C@H]1OCC(C)(C)[C@H](O)O1. The largest absolute Gasteiger partial charge is 0.367 e. The van der Waals surface area contributed by atoms with Gasteiger partial charge in [-0.25, -0.2) is 0 Å². The van der Waals surface area contributed by atoms with Crippen LogP contribution in [-0.4, -0.2) is 24.3 Å². The third-order valence-corrected chi connectivity index (χ3v) is 2.10. The van der Waals surface area contributed by atoms with E-state index >= 15 is 0 Å².